The fourth-order valence-electron chi connectivity index (χ4n) is 1.17. The molecule has 2 heterocycles. The Balaban J connectivity index is 1.89. The second-order valence-corrected chi connectivity index (χ2v) is 4.01. The minimum atomic E-state index is -0.519. The lowest BCUT2D eigenvalue weighted by Gasteiger charge is -2.00. The molecule has 4 nitrogen and oxygen atoms in total. The zero-order valence-electron chi connectivity index (χ0n) is 8.30. The van der Waals surface area contributed by atoms with E-state index in [1.165, 1.54) is 11.3 Å². The molecule has 1 N–H and O–H groups in total. The molecule has 0 atom stereocenters. The van der Waals surface area contributed by atoms with E-state index in [1.807, 2.05) is 0 Å². The molecule has 0 aromatic carbocycles. The number of ketones is 1. The highest BCUT2D eigenvalue weighted by Crippen LogP contribution is 2.09. The summed E-state index contributed by atoms with van der Waals surface area (Å²) in [5, 5.41) is 1.81. The fraction of sp³-hybridized carbons (Fsp3) is 0.0909. The Bertz CT molecular complexity index is 427. The van der Waals surface area contributed by atoms with Gasteiger partial charge in [-0.25, -0.2) is 4.79 Å². The maximum absolute atomic E-state index is 11.5. The van der Waals surface area contributed by atoms with Crippen LogP contribution in [0.4, 0.5) is 0 Å². The van der Waals surface area contributed by atoms with Crippen LogP contribution in [0.1, 0.15) is 20.2 Å². The summed E-state index contributed by atoms with van der Waals surface area (Å²) >= 11 is 1.33. The van der Waals surface area contributed by atoms with Gasteiger partial charge < -0.3 is 9.72 Å². The molecular formula is C11H9NO3S. The topological polar surface area (TPSA) is 59.2 Å². The number of nitrogens with one attached hydrogen (secondary N) is 1. The maximum Gasteiger partial charge on any atom is 0.355 e. The molecule has 0 amide bonds. The lowest BCUT2D eigenvalue weighted by molar-refractivity contribution is 0.0470. The molecule has 82 valence electrons. The molecule has 0 aliphatic carbocycles. The van der Waals surface area contributed by atoms with E-state index < -0.39 is 5.97 Å². The number of ether oxygens (including phenoxy) is 1. The number of H-pyrrole nitrogens is 1. The molecule has 0 saturated carbocycles. The first-order valence-electron chi connectivity index (χ1n) is 4.64. The van der Waals surface area contributed by atoms with Gasteiger partial charge in [-0.2, -0.15) is 0 Å². The van der Waals surface area contributed by atoms with Crippen molar-refractivity contribution in [2.75, 3.05) is 6.61 Å². The van der Waals surface area contributed by atoms with E-state index in [9.17, 15) is 9.59 Å². The number of hydrogen-bond donors (Lipinski definition) is 1. The summed E-state index contributed by atoms with van der Waals surface area (Å²) in [7, 11) is 0. The highest BCUT2D eigenvalue weighted by molar-refractivity contribution is 7.12. The van der Waals surface area contributed by atoms with Crippen LogP contribution in [0.3, 0.4) is 0 Å². The Labute approximate surface area is 95.9 Å². The van der Waals surface area contributed by atoms with Gasteiger partial charge in [0.15, 0.2) is 6.61 Å². The molecule has 0 saturated heterocycles. The van der Waals surface area contributed by atoms with Gasteiger partial charge in [-0.05, 0) is 23.6 Å². The quantitative estimate of drug-likeness (QED) is 0.652. The fourth-order valence-corrected chi connectivity index (χ4v) is 1.83. The predicted molar refractivity (Wildman–Crippen MR) is 59.7 cm³/mol. The highest BCUT2D eigenvalue weighted by atomic mass is 32.1. The van der Waals surface area contributed by atoms with Gasteiger partial charge in [-0.3, -0.25) is 4.79 Å². The van der Waals surface area contributed by atoms with Crippen LogP contribution >= 0.6 is 11.3 Å². The second-order valence-electron chi connectivity index (χ2n) is 3.06. The lowest BCUT2D eigenvalue weighted by Crippen LogP contribution is -2.13. The first-order chi connectivity index (χ1) is 7.77. The Morgan fingerprint density at radius 2 is 2.19 bits per heavy atom. The van der Waals surface area contributed by atoms with E-state index in [0.717, 1.165) is 0 Å². The van der Waals surface area contributed by atoms with E-state index in [4.69, 9.17) is 4.74 Å². The summed E-state index contributed by atoms with van der Waals surface area (Å²) in [6, 6.07) is 6.77. The van der Waals surface area contributed by atoms with Crippen molar-refractivity contribution in [2.45, 2.75) is 0 Å². The summed E-state index contributed by atoms with van der Waals surface area (Å²) in [5.74, 6) is -0.704. The van der Waals surface area contributed by atoms with Crippen LogP contribution in [0.15, 0.2) is 35.8 Å². The number of aromatic amines is 1. The molecule has 0 aliphatic rings. The van der Waals surface area contributed by atoms with Crippen molar-refractivity contribution in [1.82, 2.24) is 4.98 Å². The van der Waals surface area contributed by atoms with Crippen molar-refractivity contribution in [1.29, 1.82) is 0 Å². The minimum absolute atomic E-state index is 0.185. The Hall–Kier alpha value is -1.88. The number of carbonyl (C=O) groups excluding carboxylic acids is 2. The van der Waals surface area contributed by atoms with Crippen LogP contribution in [-0.2, 0) is 4.74 Å². The summed E-state index contributed by atoms with van der Waals surface area (Å²) in [4.78, 5) is 26.2. The zero-order valence-corrected chi connectivity index (χ0v) is 9.12. The van der Waals surface area contributed by atoms with E-state index in [2.05, 4.69) is 4.98 Å². The average Bonchev–Trinajstić information content (AvgIpc) is 2.95. The van der Waals surface area contributed by atoms with E-state index in [-0.39, 0.29) is 12.4 Å². The Kier molecular flexibility index (Phi) is 3.16. The molecule has 2 aromatic rings. The van der Waals surface area contributed by atoms with Gasteiger partial charge in [0.05, 0.1) is 4.88 Å². The first-order valence-corrected chi connectivity index (χ1v) is 5.52. The van der Waals surface area contributed by atoms with Gasteiger partial charge in [-0.15, -0.1) is 11.3 Å². The van der Waals surface area contributed by atoms with E-state index in [0.29, 0.717) is 10.6 Å². The summed E-state index contributed by atoms with van der Waals surface area (Å²) < 4.78 is 4.86. The van der Waals surface area contributed by atoms with Crippen molar-refractivity contribution >= 4 is 23.1 Å². The van der Waals surface area contributed by atoms with Crippen LogP contribution in [0.2, 0.25) is 0 Å². The number of esters is 1. The van der Waals surface area contributed by atoms with Crippen molar-refractivity contribution < 1.29 is 14.3 Å². The predicted octanol–water partition coefficient (Wildman–Crippen LogP) is 2.12. The zero-order chi connectivity index (χ0) is 11.4. The van der Waals surface area contributed by atoms with Crippen LogP contribution < -0.4 is 0 Å². The van der Waals surface area contributed by atoms with Gasteiger partial charge in [0.25, 0.3) is 0 Å². The standard InChI is InChI=1S/C11H9NO3S/c13-9(10-4-2-6-16-10)7-15-11(14)8-3-1-5-12-8/h1-6,12H,7H2. The monoisotopic (exact) mass is 235 g/mol. The van der Waals surface area contributed by atoms with Crippen LogP contribution in [0.25, 0.3) is 0 Å². The average molecular weight is 235 g/mol. The third kappa shape index (κ3) is 2.38. The van der Waals surface area contributed by atoms with Gasteiger partial charge in [-0.1, -0.05) is 6.07 Å². The first kappa shape index (κ1) is 10.6. The van der Waals surface area contributed by atoms with Crippen LogP contribution in [0.5, 0.6) is 0 Å². The second kappa shape index (κ2) is 4.76. The van der Waals surface area contributed by atoms with Crippen LogP contribution in [0, 0.1) is 0 Å². The Morgan fingerprint density at radius 1 is 1.31 bits per heavy atom. The van der Waals surface area contributed by atoms with E-state index >= 15 is 0 Å². The lowest BCUT2D eigenvalue weighted by atomic mass is 10.3. The minimum Gasteiger partial charge on any atom is -0.453 e. The Morgan fingerprint density at radius 3 is 2.81 bits per heavy atom. The van der Waals surface area contributed by atoms with Gasteiger partial charge in [0, 0.05) is 6.20 Å². The van der Waals surface area contributed by atoms with Crippen molar-refractivity contribution in [3.8, 4) is 0 Å². The van der Waals surface area contributed by atoms with Crippen molar-refractivity contribution in [3.05, 3.63) is 46.4 Å². The summed E-state index contributed by atoms with van der Waals surface area (Å²) in [6.07, 6.45) is 1.62. The van der Waals surface area contributed by atoms with Gasteiger partial charge in [0.1, 0.15) is 5.69 Å². The molecule has 0 unspecified atom stereocenters. The largest absolute Gasteiger partial charge is 0.453 e. The summed E-state index contributed by atoms with van der Waals surface area (Å²) in [6.45, 7) is -0.224. The number of Topliss-reactive ketones (excluding diaryl/α,β-unsaturated/α-hetero) is 1. The van der Waals surface area contributed by atoms with Crippen LogP contribution in [-0.4, -0.2) is 23.3 Å². The molecule has 2 rings (SSSR count). The molecule has 5 heteroatoms. The summed E-state index contributed by atoms with van der Waals surface area (Å²) in [5.41, 5.74) is 0.346. The number of hydrogen-bond acceptors (Lipinski definition) is 4. The molecule has 16 heavy (non-hydrogen) atoms. The normalized spacial score (nSPS) is 10.0. The number of thiophene rings is 1. The molecule has 2 aromatic heterocycles. The number of rotatable bonds is 4. The van der Waals surface area contributed by atoms with Gasteiger partial charge in [0.2, 0.25) is 5.78 Å². The smallest absolute Gasteiger partial charge is 0.355 e. The molecular weight excluding hydrogens is 226 g/mol. The molecule has 0 fully saturated rings. The number of aromatic nitrogens is 1. The molecule has 0 radical (unpaired) electrons. The number of carbonyl (C=O) groups is 2. The third-order valence-electron chi connectivity index (χ3n) is 1.95. The van der Waals surface area contributed by atoms with Crippen molar-refractivity contribution in [2.24, 2.45) is 0 Å². The maximum atomic E-state index is 11.5. The molecule has 0 aliphatic heterocycles. The highest BCUT2D eigenvalue weighted by Gasteiger charge is 2.12. The SMILES string of the molecule is O=C(OCC(=O)c1cccs1)c1ccc[nH]1. The molecule has 0 bridgehead atoms. The van der Waals surface area contributed by atoms with Crippen molar-refractivity contribution in [3.63, 3.8) is 0 Å². The van der Waals surface area contributed by atoms with Gasteiger partial charge >= 0.3 is 5.97 Å². The molecule has 0 spiro atoms. The third-order valence-corrected chi connectivity index (χ3v) is 2.86. The van der Waals surface area contributed by atoms with E-state index in [1.54, 1.807) is 35.8 Å².